The molecule has 0 radical (unpaired) electrons. The molecule has 1 nitrogen and oxygen atoms in total. The van der Waals surface area contributed by atoms with Crippen LogP contribution in [0.3, 0.4) is 0 Å². The number of aromatic nitrogens is 1. The van der Waals surface area contributed by atoms with Crippen molar-refractivity contribution in [2.24, 2.45) is 0 Å². The average Bonchev–Trinajstić information content (AvgIpc) is 2.95. The van der Waals surface area contributed by atoms with Gasteiger partial charge in [0.2, 0.25) is 0 Å². The Kier molecular flexibility index (Phi) is 2.37. The highest BCUT2D eigenvalue weighted by molar-refractivity contribution is 9.10. The van der Waals surface area contributed by atoms with E-state index in [-0.39, 0.29) is 0 Å². The maximum absolute atomic E-state index is 4.41. The Balaban J connectivity index is 2.19. The molecule has 0 N–H and O–H groups in total. The van der Waals surface area contributed by atoms with Gasteiger partial charge in [0.05, 0.1) is 0 Å². The Morgan fingerprint density at radius 2 is 2.20 bits per heavy atom. The van der Waals surface area contributed by atoms with Crippen molar-refractivity contribution in [1.29, 1.82) is 0 Å². The summed E-state index contributed by atoms with van der Waals surface area (Å²) in [5.74, 6) is 0.765. The van der Waals surface area contributed by atoms with E-state index in [0.717, 1.165) is 10.9 Å². The zero-order valence-electron chi connectivity index (χ0n) is 8.11. The summed E-state index contributed by atoms with van der Waals surface area (Å²) in [6, 6.07) is 6.45. The monoisotopic (exact) mass is 279 g/mol. The first-order chi connectivity index (χ1) is 7.36. The predicted molar refractivity (Wildman–Crippen MR) is 67.2 cm³/mol. The van der Waals surface area contributed by atoms with Gasteiger partial charge in [0.15, 0.2) is 0 Å². The molecule has 0 spiro atoms. The molecule has 15 heavy (non-hydrogen) atoms. The molecule has 3 heteroatoms. The van der Waals surface area contributed by atoms with Gasteiger partial charge < -0.3 is 0 Å². The second kappa shape index (κ2) is 3.72. The van der Waals surface area contributed by atoms with E-state index in [1.807, 2.05) is 11.6 Å². The van der Waals surface area contributed by atoms with E-state index in [1.54, 1.807) is 11.3 Å². The summed E-state index contributed by atoms with van der Waals surface area (Å²) in [5, 5.41) is 3.16. The van der Waals surface area contributed by atoms with Crippen molar-refractivity contribution in [3.63, 3.8) is 0 Å². The van der Waals surface area contributed by atoms with Gasteiger partial charge in [-0.25, -0.2) is 4.98 Å². The third-order valence-electron chi connectivity index (χ3n) is 2.71. The minimum atomic E-state index is 0.765. The molecule has 0 unspecified atom stereocenters. The molecular weight excluding hydrogens is 270 g/mol. The van der Waals surface area contributed by atoms with Crippen LogP contribution in [-0.2, 0) is 0 Å². The number of thiazole rings is 1. The van der Waals surface area contributed by atoms with Crippen LogP contribution in [0.5, 0.6) is 0 Å². The second-order valence-corrected chi connectivity index (χ2v) is 5.56. The van der Waals surface area contributed by atoms with Gasteiger partial charge in [-0.15, -0.1) is 11.3 Å². The van der Waals surface area contributed by atoms with E-state index in [0.29, 0.717) is 0 Å². The van der Waals surface area contributed by atoms with Gasteiger partial charge in [0.25, 0.3) is 0 Å². The van der Waals surface area contributed by atoms with Crippen LogP contribution in [0.2, 0.25) is 0 Å². The molecule has 0 atom stereocenters. The first-order valence-corrected chi connectivity index (χ1v) is 6.72. The van der Waals surface area contributed by atoms with Crippen molar-refractivity contribution < 1.29 is 0 Å². The highest BCUT2D eigenvalue weighted by Crippen LogP contribution is 2.46. The van der Waals surface area contributed by atoms with Gasteiger partial charge in [0.1, 0.15) is 5.01 Å². The van der Waals surface area contributed by atoms with Crippen LogP contribution in [0, 0.1) is 0 Å². The molecule has 3 rings (SSSR count). The molecule has 1 heterocycles. The standard InChI is InChI=1S/C12H10BrNS/c13-10-3-1-2-9(8-4-5-8)11(10)12-14-6-7-15-12/h1-3,6-8H,4-5H2. The Morgan fingerprint density at radius 3 is 2.87 bits per heavy atom. The quantitative estimate of drug-likeness (QED) is 0.792. The summed E-state index contributed by atoms with van der Waals surface area (Å²) in [6.07, 6.45) is 4.53. The van der Waals surface area contributed by atoms with E-state index in [4.69, 9.17) is 0 Å². The number of hydrogen-bond acceptors (Lipinski definition) is 2. The Labute approximate surface area is 101 Å². The number of nitrogens with zero attached hydrogens (tertiary/aromatic N) is 1. The SMILES string of the molecule is Brc1cccc(C2CC2)c1-c1nccs1. The summed E-state index contributed by atoms with van der Waals surface area (Å²) in [4.78, 5) is 4.41. The molecule has 1 aromatic carbocycles. The molecule has 0 aliphatic heterocycles. The van der Waals surface area contributed by atoms with E-state index in [1.165, 1.54) is 28.4 Å². The van der Waals surface area contributed by atoms with Gasteiger partial charge in [-0.2, -0.15) is 0 Å². The summed E-state index contributed by atoms with van der Waals surface area (Å²) >= 11 is 5.34. The molecule has 0 amide bonds. The van der Waals surface area contributed by atoms with Crippen LogP contribution in [0.15, 0.2) is 34.2 Å². The minimum Gasteiger partial charge on any atom is -0.244 e. The van der Waals surface area contributed by atoms with Crippen LogP contribution in [0.4, 0.5) is 0 Å². The van der Waals surface area contributed by atoms with Crippen LogP contribution < -0.4 is 0 Å². The third kappa shape index (κ3) is 1.74. The van der Waals surface area contributed by atoms with Crippen molar-refractivity contribution in [2.75, 3.05) is 0 Å². The van der Waals surface area contributed by atoms with Gasteiger partial charge in [-0.3, -0.25) is 0 Å². The lowest BCUT2D eigenvalue weighted by molar-refractivity contribution is 1.13. The molecular formula is C12H10BrNS. The molecule has 1 aromatic heterocycles. The summed E-state index contributed by atoms with van der Waals surface area (Å²) < 4.78 is 1.17. The van der Waals surface area contributed by atoms with Gasteiger partial charge in [-0.1, -0.05) is 28.1 Å². The summed E-state index contributed by atoms with van der Waals surface area (Å²) in [6.45, 7) is 0. The molecule has 0 saturated heterocycles. The number of benzene rings is 1. The van der Waals surface area contributed by atoms with E-state index in [2.05, 4.69) is 39.1 Å². The fourth-order valence-electron chi connectivity index (χ4n) is 1.85. The van der Waals surface area contributed by atoms with Crippen LogP contribution in [0.1, 0.15) is 24.3 Å². The lowest BCUT2D eigenvalue weighted by Crippen LogP contribution is -1.87. The predicted octanol–water partition coefficient (Wildman–Crippen LogP) is 4.45. The Bertz CT molecular complexity index is 474. The fourth-order valence-corrected chi connectivity index (χ4v) is 3.27. The molecule has 1 aliphatic carbocycles. The van der Waals surface area contributed by atoms with Crippen molar-refractivity contribution >= 4 is 27.3 Å². The molecule has 2 aromatic rings. The van der Waals surface area contributed by atoms with Crippen molar-refractivity contribution in [3.05, 3.63) is 39.8 Å². The van der Waals surface area contributed by atoms with Crippen molar-refractivity contribution in [1.82, 2.24) is 4.98 Å². The molecule has 1 fully saturated rings. The van der Waals surface area contributed by atoms with Gasteiger partial charge >= 0.3 is 0 Å². The highest BCUT2D eigenvalue weighted by atomic mass is 79.9. The lowest BCUT2D eigenvalue weighted by atomic mass is 10.0. The number of hydrogen-bond donors (Lipinski definition) is 0. The van der Waals surface area contributed by atoms with Crippen molar-refractivity contribution in [3.8, 4) is 10.6 Å². The largest absolute Gasteiger partial charge is 0.244 e. The normalized spacial score (nSPS) is 15.5. The minimum absolute atomic E-state index is 0.765. The van der Waals surface area contributed by atoms with E-state index in [9.17, 15) is 0 Å². The average molecular weight is 280 g/mol. The maximum atomic E-state index is 4.41. The van der Waals surface area contributed by atoms with Gasteiger partial charge in [0, 0.05) is 21.6 Å². The molecule has 1 saturated carbocycles. The fraction of sp³-hybridized carbons (Fsp3) is 0.250. The van der Waals surface area contributed by atoms with Crippen LogP contribution >= 0.6 is 27.3 Å². The zero-order chi connectivity index (χ0) is 10.3. The molecule has 1 aliphatic rings. The molecule has 0 bridgehead atoms. The number of rotatable bonds is 2. The topological polar surface area (TPSA) is 12.9 Å². The van der Waals surface area contributed by atoms with E-state index < -0.39 is 0 Å². The van der Waals surface area contributed by atoms with Gasteiger partial charge in [-0.05, 0) is 30.4 Å². The van der Waals surface area contributed by atoms with Crippen molar-refractivity contribution in [2.45, 2.75) is 18.8 Å². The number of halogens is 1. The van der Waals surface area contributed by atoms with Crippen LogP contribution in [0.25, 0.3) is 10.6 Å². The first kappa shape index (κ1) is 9.55. The zero-order valence-corrected chi connectivity index (χ0v) is 10.5. The lowest BCUT2D eigenvalue weighted by Gasteiger charge is -2.07. The first-order valence-electron chi connectivity index (χ1n) is 5.04. The third-order valence-corrected chi connectivity index (χ3v) is 4.16. The Morgan fingerprint density at radius 1 is 1.33 bits per heavy atom. The summed E-state index contributed by atoms with van der Waals surface area (Å²) in [7, 11) is 0. The Hall–Kier alpha value is -0.670. The molecule has 76 valence electrons. The maximum Gasteiger partial charge on any atom is 0.124 e. The highest BCUT2D eigenvalue weighted by Gasteiger charge is 2.27. The van der Waals surface area contributed by atoms with Crippen LogP contribution in [-0.4, -0.2) is 4.98 Å². The second-order valence-electron chi connectivity index (χ2n) is 3.82. The van der Waals surface area contributed by atoms with E-state index >= 15 is 0 Å². The summed E-state index contributed by atoms with van der Waals surface area (Å²) in [5.41, 5.74) is 2.76. The smallest absolute Gasteiger partial charge is 0.124 e.